The van der Waals surface area contributed by atoms with E-state index in [9.17, 15) is 13.2 Å². The third-order valence-electron chi connectivity index (χ3n) is 3.29. The molecule has 0 bridgehead atoms. The summed E-state index contributed by atoms with van der Waals surface area (Å²) in [5.74, 6) is -0.0573. The number of nitrogens with one attached hydrogen (secondary N) is 1. The second-order valence-corrected chi connectivity index (χ2v) is 7.93. The highest BCUT2D eigenvalue weighted by atomic mass is 79.9. The number of alkyl halides is 1. The Bertz CT molecular complexity index is 582. The number of carbonyl (C=O) groups excluding carboxylic acids is 1. The Hall–Kier alpha value is -0.880. The lowest BCUT2D eigenvalue weighted by Crippen LogP contribution is -2.46. The van der Waals surface area contributed by atoms with Crippen molar-refractivity contribution in [3.05, 3.63) is 35.4 Å². The van der Waals surface area contributed by atoms with Gasteiger partial charge in [0.15, 0.2) is 9.84 Å². The number of amides is 1. The molecule has 0 radical (unpaired) electrons. The fourth-order valence-electron chi connectivity index (χ4n) is 2.20. The first-order valence-corrected chi connectivity index (χ1v) is 8.96. The average molecular weight is 346 g/mol. The van der Waals surface area contributed by atoms with Gasteiger partial charge in [0.25, 0.3) is 5.91 Å². The summed E-state index contributed by atoms with van der Waals surface area (Å²) in [4.78, 5) is 12.1. The van der Waals surface area contributed by atoms with Crippen molar-refractivity contribution in [3.63, 3.8) is 0 Å². The first kappa shape index (κ1) is 14.5. The van der Waals surface area contributed by atoms with Crippen molar-refractivity contribution in [2.24, 2.45) is 0 Å². The minimum absolute atomic E-state index is 0.0191. The van der Waals surface area contributed by atoms with E-state index in [1.165, 1.54) is 0 Å². The minimum Gasteiger partial charge on any atom is -0.346 e. The van der Waals surface area contributed by atoms with E-state index in [1.54, 1.807) is 19.1 Å². The predicted octanol–water partition coefficient (Wildman–Crippen LogP) is 1.89. The Morgan fingerprint density at radius 1 is 1.37 bits per heavy atom. The van der Waals surface area contributed by atoms with E-state index in [-0.39, 0.29) is 17.4 Å². The second-order valence-electron chi connectivity index (χ2n) is 5.19. The van der Waals surface area contributed by atoms with Crippen molar-refractivity contribution in [1.29, 1.82) is 0 Å². The number of benzene rings is 1. The van der Waals surface area contributed by atoms with Crippen LogP contribution in [0.5, 0.6) is 0 Å². The molecule has 19 heavy (non-hydrogen) atoms. The summed E-state index contributed by atoms with van der Waals surface area (Å²) in [7, 11) is -3.01. The normalized spacial score (nSPS) is 25.2. The number of rotatable bonds is 3. The van der Waals surface area contributed by atoms with Gasteiger partial charge >= 0.3 is 0 Å². The molecule has 1 atom stereocenters. The SMILES string of the molecule is CC1(NC(=O)c2ccc(CBr)cc2)CCS(=O)(=O)C1. The quantitative estimate of drug-likeness (QED) is 0.850. The molecule has 0 aromatic heterocycles. The summed E-state index contributed by atoms with van der Waals surface area (Å²) in [5.41, 5.74) is 0.991. The van der Waals surface area contributed by atoms with Gasteiger partial charge in [0.2, 0.25) is 0 Å². The van der Waals surface area contributed by atoms with Crippen LogP contribution >= 0.6 is 15.9 Å². The zero-order valence-electron chi connectivity index (χ0n) is 10.6. The van der Waals surface area contributed by atoms with Gasteiger partial charge in [0.05, 0.1) is 17.0 Å². The van der Waals surface area contributed by atoms with Crippen molar-refractivity contribution in [1.82, 2.24) is 5.32 Å². The fourth-order valence-corrected chi connectivity index (χ4v) is 4.67. The molecule has 0 spiro atoms. The summed E-state index contributed by atoms with van der Waals surface area (Å²) in [6.45, 7) is 1.78. The molecule has 1 unspecified atom stereocenters. The van der Waals surface area contributed by atoms with Crippen LogP contribution in [0, 0.1) is 0 Å². The molecule has 1 heterocycles. The van der Waals surface area contributed by atoms with Crippen molar-refractivity contribution < 1.29 is 13.2 Å². The van der Waals surface area contributed by atoms with Crippen molar-refractivity contribution >= 4 is 31.7 Å². The Kier molecular flexibility index (Phi) is 4.01. The highest BCUT2D eigenvalue weighted by molar-refractivity contribution is 9.08. The van der Waals surface area contributed by atoms with Crippen molar-refractivity contribution in [2.45, 2.75) is 24.2 Å². The maximum Gasteiger partial charge on any atom is 0.251 e. The third-order valence-corrected chi connectivity index (χ3v) is 5.84. The molecule has 1 aromatic rings. The van der Waals surface area contributed by atoms with E-state index in [2.05, 4.69) is 21.2 Å². The zero-order valence-corrected chi connectivity index (χ0v) is 13.1. The molecule has 4 nitrogen and oxygen atoms in total. The van der Waals surface area contributed by atoms with Gasteiger partial charge in [-0.25, -0.2) is 8.42 Å². The summed E-state index contributed by atoms with van der Waals surface area (Å²) in [6.07, 6.45) is 0.473. The smallest absolute Gasteiger partial charge is 0.251 e. The van der Waals surface area contributed by atoms with Gasteiger partial charge < -0.3 is 5.32 Å². The highest BCUT2D eigenvalue weighted by Gasteiger charge is 2.39. The van der Waals surface area contributed by atoms with Gasteiger partial charge in [0, 0.05) is 10.9 Å². The van der Waals surface area contributed by atoms with E-state index >= 15 is 0 Å². The van der Waals surface area contributed by atoms with Gasteiger partial charge in [-0.05, 0) is 31.0 Å². The summed E-state index contributed by atoms with van der Waals surface area (Å²) in [6, 6.07) is 7.24. The number of sulfone groups is 1. The third kappa shape index (κ3) is 3.57. The average Bonchev–Trinajstić information content (AvgIpc) is 2.63. The van der Waals surface area contributed by atoms with Gasteiger partial charge in [0.1, 0.15) is 0 Å². The molecular weight excluding hydrogens is 330 g/mol. The lowest BCUT2D eigenvalue weighted by Gasteiger charge is -2.23. The maximum atomic E-state index is 12.1. The lowest BCUT2D eigenvalue weighted by atomic mass is 10.0. The molecular formula is C13H16BrNO3S. The summed E-state index contributed by atoms with van der Waals surface area (Å²) >= 11 is 3.34. The first-order valence-electron chi connectivity index (χ1n) is 6.01. The van der Waals surface area contributed by atoms with E-state index in [0.717, 1.165) is 10.9 Å². The standard InChI is InChI=1S/C13H16BrNO3S/c1-13(6-7-19(17,18)9-13)15-12(16)11-4-2-10(8-14)3-5-11/h2-5H,6-9H2,1H3,(H,15,16). The van der Waals surface area contributed by atoms with Gasteiger partial charge in [-0.2, -0.15) is 0 Å². The second kappa shape index (κ2) is 5.25. The van der Waals surface area contributed by atoms with Crippen LogP contribution in [-0.4, -0.2) is 31.4 Å². The molecule has 1 fully saturated rings. The number of halogens is 1. The van der Waals surface area contributed by atoms with Crippen LogP contribution in [0.3, 0.4) is 0 Å². The highest BCUT2D eigenvalue weighted by Crippen LogP contribution is 2.23. The van der Waals surface area contributed by atoms with Crippen molar-refractivity contribution in [3.8, 4) is 0 Å². The summed E-state index contributed by atoms with van der Waals surface area (Å²) in [5, 5.41) is 3.58. The number of hydrogen-bond acceptors (Lipinski definition) is 3. The van der Waals surface area contributed by atoms with Crippen LogP contribution < -0.4 is 5.32 Å². The van der Waals surface area contributed by atoms with E-state index in [4.69, 9.17) is 0 Å². The van der Waals surface area contributed by atoms with Gasteiger partial charge in [-0.1, -0.05) is 28.1 Å². The van der Waals surface area contributed by atoms with Crippen LogP contribution in [0.15, 0.2) is 24.3 Å². The molecule has 1 aliphatic heterocycles. The van der Waals surface area contributed by atoms with Crippen molar-refractivity contribution in [2.75, 3.05) is 11.5 Å². The summed E-state index contributed by atoms with van der Waals surface area (Å²) < 4.78 is 23.0. The van der Waals surface area contributed by atoms with E-state index < -0.39 is 15.4 Å². The number of carbonyl (C=O) groups is 1. The molecule has 2 rings (SSSR count). The Balaban J connectivity index is 2.08. The van der Waals surface area contributed by atoms with Crippen LogP contribution in [0.1, 0.15) is 29.3 Å². The predicted molar refractivity (Wildman–Crippen MR) is 78.2 cm³/mol. The molecule has 1 amide bonds. The first-order chi connectivity index (χ1) is 8.84. The monoisotopic (exact) mass is 345 g/mol. The van der Waals surface area contributed by atoms with Gasteiger partial charge in [-0.3, -0.25) is 4.79 Å². The van der Waals surface area contributed by atoms with Crippen LogP contribution in [0.25, 0.3) is 0 Å². The number of hydrogen-bond donors (Lipinski definition) is 1. The fraction of sp³-hybridized carbons (Fsp3) is 0.462. The zero-order chi connectivity index (χ0) is 14.1. The molecule has 1 N–H and O–H groups in total. The Morgan fingerprint density at radius 2 is 2.00 bits per heavy atom. The van der Waals surface area contributed by atoms with Crippen LogP contribution in [0.4, 0.5) is 0 Å². The topological polar surface area (TPSA) is 63.2 Å². The molecule has 104 valence electrons. The van der Waals surface area contributed by atoms with Crippen LogP contribution in [-0.2, 0) is 15.2 Å². The molecule has 1 aliphatic rings. The van der Waals surface area contributed by atoms with E-state index in [1.807, 2.05) is 12.1 Å². The van der Waals surface area contributed by atoms with Gasteiger partial charge in [-0.15, -0.1) is 0 Å². The minimum atomic E-state index is -3.01. The molecule has 1 saturated heterocycles. The van der Waals surface area contributed by atoms with E-state index in [0.29, 0.717) is 12.0 Å². The largest absolute Gasteiger partial charge is 0.346 e. The molecule has 0 aliphatic carbocycles. The Labute approximate surface area is 121 Å². The molecule has 0 saturated carbocycles. The van der Waals surface area contributed by atoms with Crippen LogP contribution in [0.2, 0.25) is 0 Å². The molecule has 6 heteroatoms. The lowest BCUT2D eigenvalue weighted by molar-refractivity contribution is 0.0915. The Morgan fingerprint density at radius 3 is 2.47 bits per heavy atom. The molecule has 1 aromatic carbocycles. The maximum absolute atomic E-state index is 12.1.